The number of aliphatic hydroxyl groups excluding tert-OH is 1. The van der Waals surface area contributed by atoms with Crippen LogP contribution in [-0.4, -0.2) is 17.6 Å². The third kappa shape index (κ3) is 4.08. The monoisotopic (exact) mass is 335 g/mol. The molecule has 5 heteroatoms. The number of nitrogens with one attached hydrogen (secondary N) is 1. The van der Waals surface area contributed by atoms with Gasteiger partial charge in [0.2, 0.25) is 5.91 Å². The summed E-state index contributed by atoms with van der Waals surface area (Å²) in [7, 11) is 0. The summed E-state index contributed by atoms with van der Waals surface area (Å²) in [6.07, 6.45) is 2.94. The second-order valence-corrected chi connectivity index (χ2v) is 4.91. The minimum Gasteiger partial charge on any atom is -0.450 e. The maximum absolute atomic E-state index is 11.8. The molecule has 2 rings (SSSR count). The Balaban J connectivity index is 1.98. The van der Waals surface area contributed by atoms with E-state index in [1.54, 1.807) is 18.2 Å². The first-order valence-corrected chi connectivity index (χ1v) is 6.88. The molecule has 0 aliphatic carbocycles. The van der Waals surface area contributed by atoms with Gasteiger partial charge in [-0.25, -0.2) is 0 Å². The highest BCUT2D eigenvalue weighted by atomic mass is 79.9. The van der Waals surface area contributed by atoms with Crippen LogP contribution in [0.1, 0.15) is 17.4 Å². The fourth-order valence-corrected chi connectivity index (χ4v) is 2.03. The second-order valence-electron chi connectivity index (χ2n) is 4.13. The van der Waals surface area contributed by atoms with Gasteiger partial charge in [-0.1, -0.05) is 30.3 Å². The van der Waals surface area contributed by atoms with Crippen LogP contribution in [0.3, 0.4) is 0 Å². The lowest BCUT2D eigenvalue weighted by atomic mass is 10.1. The van der Waals surface area contributed by atoms with Gasteiger partial charge in [0.15, 0.2) is 4.67 Å². The molecule has 0 fully saturated rings. The molecule has 0 unspecified atom stereocenters. The van der Waals surface area contributed by atoms with Gasteiger partial charge in [-0.3, -0.25) is 4.79 Å². The standard InChI is InChI=1S/C15H14BrNO3/c16-14-8-6-12(20-14)7-9-15(19)17-13(10-18)11-4-2-1-3-5-11/h1-9,13,18H,10H2,(H,17,19)/b9-7+/t13-/m1/s1. The van der Waals surface area contributed by atoms with E-state index < -0.39 is 6.04 Å². The van der Waals surface area contributed by atoms with E-state index in [9.17, 15) is 9.90 Å². The van der Waals surface area contributed by atoms with Crippen LogP contribution >= 0.6 is 15.9 Å². The van der Waals surface area contributed by atoms with E-state index in [0.717, 1.165) is 5.56 Å². The Kier molecular flexibility index (Phi) is 5.15. The SMILES string of the molecule is O=C(/C=C/c1ccc(Br)o1)N[C@H](CO)c1ccccc1. The van der Waals surface area contributed by atoms with E-state index in [1.807, 2.05) is 30.3 Å². The first-order chi connectivity index (χ1) is 9.69. The number of carbonyl (C=O) groups is 1. The molecule has 104 valence electrons. The van der Waals surface area contributed by atoms with Gasteiger partial charge < -0.3 is 14.8 Å². The number of carbonyl (C=O) groups excluding carboxylic acids is 1. The van der Waals surface area contributed by atoms with Crippen molar-refractivity contribution in [3.63, 3.8) is 0 Å². The number of aliphatic hydroxyl groups is 1. The number of rotatable bonds is 5. The molecule has 0 aliphatic heterocycles. The molecule has 0 bridgehead atoms. The molecule has 0 saturated heterocycles. The van der Waals surface area contributed by atoms with Crippen molar-refractivity contribution in [2.45, 2.75) is 6.04 Å². The Bertz CT molecular complexity index is 592. The van der Waals surface area contributed by atoms with E-state index in [-0.39, 0.29) is 12.5 Å². The van der Waals surface area contributed by atoms with Crippen molar-refractivity contribution in [3.05, 3.63) is 64.5 Å². The van der Waals surface area contributed by atoms with Crippen molar-refractivity contribution in [1.29, 1.82) is 0 Å². The Morgan fingerprint density at radius 1 is 1.30 bits per heavy atom. The summed E-state index contributed by atoms with van der Waals surface area (Å²) in [4.78, 5) is 11.8. The van der Waals surface area contributed by atoms with Crippen molar-refractivity contribution in [3.8, 4) is 0 Å². The van der Waals surface area contributed by atoms with Crippen LogP contribution in [-0.2, 0) is 4.79 Å². The van der Waals surface area contributed by atoms with E-state index >= 15 is 0 Å². The molecule has 1 heterocycles. The molecule has 2 N–H and O–H groups in total. The second kappa shape index (κ2) is 7.07. The van der Waals surface area contributed by atoms with Crippen LogP contribution in [0.4, 0.5) is 0 Å². The van der Waals surface area contributed by atoms with Crippen LogP contribution in [0, 0.1) is 0 Å². The molecule has 1 atom stereocenters. The first kappa shape index (κ1) is 14.6. The number of furan rings is 1. The van der Waals surface area contributed by atoms with Gasteiger partial charge in [0, 0.05) is 6.08 Å². The Morgan fingerprint density at radius 2 is 2.05 bits per heavy atom. The van der Waals surface area contributed by atoms with E-state index in [4.69, 9.17) is 4.42 Å². The van der Waals surface area contributed by atoms with Gasteiger partial charge in [0.1, 0.15) is 5.76 Å². The zero-order chi connectivity index (χ0) is 14.4. The third-order valence-corrected chi connectivity index (χ3v) is 3.12. The lowest BCUT2D eigenvalue weighted by molar-refractivity contribution is -0.117. The molecule has 2 aromatic rings. The fraction of sp³-hybridized carbons (Fsp3) is 0.133. The van der Waals surface area contributed by atoms with Crippen molar-refractivity contribution in [2.75, 3.05) is 6.61 Å². The summed E-state index contributed by atoms with van der Waals surface area (Å²) >= 11 is 3.19. The maximum atomic E-state index is 11.8. The van der Waals surface area contributed by atoms with Gasteiger partial charge in [-0.15, -0.1) is 0 Å². The molecule has 0 radical (unpaired) electrons. The summed E-state index contributed by atoms with van der Waals surface area (Å²) in [6, 6.07) is 12.4. The summed E-state index contributed by atoms with van der Waals surface area (Å²) in [6.45, 7) is -0.157. The van der Waals surface area contributed by atoms with E-state index in [1.165, 1.54) is 6.08 Å². The van der Waals surface area contributed by atoms with Crippen LogP contribution < -0.4 is 5.32 Å². The summed E-state index contributed by atoms with van der Waals surface area (Å²) in [5.41, 5.74) is 0.859. The molecule has 1 amide bonds. The van der Waals surface area contributed by atoms with Gasteiger partial charge in [-0.2, -0.15) is 0 Å². The largest absolute Gasteiger partial charge is 0.450 e. The molecule has 1 aromatic carbocycles. The summed E-state index contributed by atoms with van der Waals surface area (Å²) < 4.78 is 5.86. The Morgan fingerprint density at radius 3 is 2.65 bits per heavy atom. The third-order valence-electron chi connectivity index (χ3n) is 2.69. The number of hydrogen-bond donors (Lipinski definition) is 2. The van der Waals surface area contributed by atoms with Crippen molar-refractivity contribution in [2.24, 2.45) is 0 Å². The lowest BCUT2D eigenvalue weighted by Gasteiger charge is -2.15. The minimum atomic E-state index is -0.420. The zero-order valence-corrected chi connectivity index (χ0v) is 12.2. The molecular weight excluding hydrogens is 322 g/mol. The lowest BCUT2D eigenvalue weighted by Crippen LogP contribution is -2.29. The normalized spacial score (nSPS) is 12.5. The van der Waals surface area contributed by atoms with E-state index in [2.05, 4.69) is 21.2 Å². The zero-order valence-electron chi connectivity index (χ0n) is 10.6. The van der Waals surface area contributed by atoms with Gasteiger partial charge >= 0.3 is 0 Å². The predicted molar refractivity (Wildman–Crippen MR) is 79.9 cm³/mol. The average molecular weight is 336 g/mol. The van der Waals surface area contributed by atoms with Crippen molar-refractivity contribution >= 4 is 27.9 Å². The van der Waals surface area contributed by atoms with E-state index in [0.29, 0.717) is 10.4 Å². The highest BCUT2D eigenvalue weighted by Gasteiger charge is 2.11. The number of benzene rings is 1. The summed E-state index contributed by atoms with van der Waals surface area (Å²) in [5.74, 6) is 0.285. The number of amides is 1. The number of hydrogen-bond acceptors (Lipinski definition) is 3. The van der Waals surface area contributed by atoms with Crippen molar-refractivity contribution < 1.29 is 14.3 Å². The molecule has 0 aliphatic rings. The molecule has 0 saturated carbocycles. The Hall–Kier alpha value is -1.85. The Labute approximate surface area is 125 Å². The highest BCUT2D eigenvalue weighted by Crippen LogP contribution is 2.15. The first-order valence-electron chi connectivity index (χ1n) is 6.09. The maximum Gasteiger partial charge on any atom is 0.244 e. The van der Waals surface area contributed by atoms with Crippen LogP contribution in [0.25, 0.3) is 6.08 Å². The van der Waals surface area contributed by atoms with Gasteiger partial charge in [0.25, 0.3) is 0 Å². The molecule has 1 aromatic heterocycles. The average Bonchev–Trinajstić information content (AvgIpc) is 2.89. The van der Waals surface area contributed by atoms with Crippen molar-refractivity contribution in [1.82, 2.24) is 5.32 Å². The smallest absolute Gasteiger partial charge is 0.244 e. The van der Waals surface area contributed by atoms with Crippen LogP contribution in [0.2, 0.25) is 0 Å². The molecule has 4 nitrogen and oxygen atoms in total. The van der Waals surface area contributed by atoms with Gasteiger partial charge in [-0.05, 0) is 39.7 Å². The van der Waals surface area contributed by atoms with Gasteiger partial charge in [0.05, 0.1) is 12.6 Å². The predicted octanol–water partition coefficient (Wildman–Crippen LogP) is 2.91. The van der Waals surface area contributed by atoms with Crippen LogP contribution in [0.5, 0.6) is 0 Å². The number of halogens is 1. The molecule has 20 heavy (non-hydrogen) atoms. The summed E-state index contributed by atoms with van der Waals surface area (Å²) in [5, 5.41) is 12.1. The highest BCUT2D eigenvalue weighted by molar-refractivity contribution is 9.10. The fourth-order valence-electron chi connectivity index (χ4n) is 1.72. The van der Waals surface area contributed by atoms with Crippen LogP contribution in [0.15, 0.2) is 57.6 Å². The quantitative estimate of drug-likeness (QED) is 0.826. The molecule has 0 spiro atoms. The minimum absolute atomic E-state index is 0.157. The topological polar surface area (TPSA) is 62.5 Å². The molecular formula is C15H14BrNO3.